The number of piperidine rings is 1. The van der Waals surface area contributed by atoms with Crippen LogP contribution in [0.1, 0.15) is 23.2 Å². The van der Waals surface area contributed by atoms with Crippen LogP contribution in [-0.2, 0) is 0 Å². The number of nitrogens with zero attached hydrogens (tertiary/aromatic N) is 2. The van der Waals surface area contributed by atoms with Crippen LogP contribution in [0.4, 0.5) is 5.69 Å². The fraction of sp³-hybridized carbons (Fsp3) is 0.462. The summed E-state index contributed by atoms with van der Waals surface area (Å²) in [7, 11) is 0. The summed E-state index contributed by atoms with van der Waals surface area (Å²) < 4.78 is 0.353. The molecule has 0 aliphatic carbocycles. The molecule has 1 unspecified atom stereocenters. The highest BCUT2D eigenvalue weighted by molar-refractivity contribution is 9.10. The number of aliphatic hydroxyl groups is 1. The van der Waals surface area contributed by atoms with Gasteiger partial charge in [0.1, 0.15) is 0 Å². The van der Waals surface area contributed by atoms with E-state index in [4.69, 9.17) is 0 Å². The molecule has 1 N–H and O–H groups in total. The SMILES string of the molecule is O=C(c1ccc(Br)c([N+](=O)[O-])c1)N1CCCC(CO)C1. The molecule has 0 radical (unpaired) electrons. The van der Waals surface area contributed by atoms with Gasteiger partial charge in [0, 0.05) is 31.3 Å². The number of likely N-dealkylation sites (tertiary alicyclic amines) is 1. The predicted molar refractivity (Wildman–Crippen MR) is 76.5 cm³/mol. The van der Waals surface area contributed by atoms with Crippen molar-refractivity contribution in [3.05, 3.63) is 38.3 Å². The molecule has 1 aliphatic heterocycles. The number of amides is 1. The van der Waals surface area contributed by atoms with E-state index in [9.17, 15) is 20.0 Å². The standard InChI is InChI=1S/C13H15BrN2O4/c14-11-4-3-10(6-12(11)16(19)20)13(18)15-5-1-2-9(7-15)8-17/h3-4,6,9,17H,1-2,5,7-8H2. The van der Waals surface area contributed by atoms with Crippen LogP contribution in [0.15, 0.2) is 22.7 Å². The van der Waals surface area contributed by atoms with Crippen molar-refractivity contribution in [2.75, 3.05) is 19.7 Å². The normalized spacial score (nSPS) is 18.9. The topological polar surface area (TPSA) is 83.7 Å². The molecule has 7 heteroatoms. The van der Waals surface area contributed by atoms with E-state index in [1.54, 1.807) is 11.0 Å². The summed E-state index contributed by atoms with van der Waals surface area (Å²) in [5.74, 6) is -0.128. The number of halogens is 1. The molecule has 1 aliphatic rings. The lowest BCUT2D eigenvalue weighted by atomic mass is 9.98. The Kier molecular flexibility index (Phi) is 4.72. The van der Waals surface area contributed by atoms with Gasteiger partial charge in [0.15, 0.2) is 0 Å². The Balaban J connectivity index is 2.20. The smallest absolute Gasteiger partial charge is 0.284 e. The molecule has 1 amide bonds. The first-order valence-corrected chi connectivity index (χ1v) is 7.16. The van der Waals surface area contributed by atoms with Gasteiger partial charge in [-0.25, -0.2) is 0 Å². The van der Waals surface area contributed by atoms with E-state index in [0.717, 1.165) is 12.8 Å². The second-order valence-corrected chi connectivity index (χ2v) is 5.72. The second kappa shape index (κ2) is 6.32. The van der Waals surface area contributed by atoms with Gasteiger partial charge in [0.25, 0.3) is 11.6 Å². The monoisotopic (exact) mass is 342 g/mol. The zero-order valence-electron chi connectivity index (χ0n) is 10.8. The third kappa shape index (κ3) is 3.16. The van der Waals surface area contributed by atoms with Crippen molar-refractivity contribution in [1.29, 1.82) is 0 Å². The number of aliphatic hydroxyl groups excluding tert-OH is 1. The molecule has 1 fully saturated rings. The lowest BCUT2D eigenvalue weighted by Gasteiger charge is -2.31. The van der Waals surface area contributed by atoms with E-state index < -0.39 is 4.92 Å². The molecule has 0 aromatic heterocycles. The molecule has 1 aromatic carbocycles. The zero-order valence-corrected chi connectivity index (χ0v) is 12.4. The number of benzene rings is 1. The summed E-state index contributed by atoms with van der Waals surface area (Å²) in [5.41, 5.74) is 0.185. The minimum Gasteiger partial charge on any atom is -0.396 e. The van der Waals surface area contributed by atoms with Crippen LogP contribution in [0.25, 0.3) is 0 Å². The molecular formula is C13H15BrN2O4. The average Bonchev–Trinajstić information content (AvgIpc) is 2.46. The van der Waals surface area contributed by atoms with E-state index in [2.05, 4.69) is 15.9 Å². The van der Waals surface area contributed by atoms with Gasteiger partial charge in [-0.3, -0.25) is 14.9 Å². The van der Waals surface area contributed by atoms with Crippen LogP contribution < -0.4 is 0 Å². The highest BCUT2D eigenvalue weighted by Crippen LogP contribution is 2.27. The van der Waals surface area contributed by atoms with Crippen molar-refractivity contribution < 1.29 is 14.8 Å². The molecular weight excluding hydrogens is 328 g/mol. The van der Waals surface area contributed by atoms with Crippen molar-refractivity contribution >= 4 is 27.5 Å². The van der Waals surface area contributed by atoms with Crippen molar-refractivity contribution in [2.24, 2.45) is 5.92 Å². The third-order valence-corrected chi connectivity index (χ3v) is 4.12. The van der Waals surface area contributed by atoms with Gasteiger partial charge >= 0.3 is 0 Å². The summed E-state index contributed by atoms with van der Waals surface area (Å²) in [6, 6.07) is 4.37. The fourth-order valence-electron chi connectivity index (χ4n) is 2.37. The average molecular weight is 343 g/mol. The van der Waals surface area contributed by atoms with E-state index >= 15 is 0 Å². The minimum absolute atomic E-state index is 0.0598. The molecule has 1 atom stereocenters. The molecule has 0 saturated carbocycles. The van der Waals surface area contributed by atoms with Crippen LogP contribution in [-0.4, -0.2) is 40.5 Å². The van der Waals surface area contributed by atoms with Gasteiger partial charge in [-0.05, 0) is 46.8 Å². The maximum atomic E-state index is 12.4. The molecule has 1 aromatic rings. The number of hydrogen-bond donors (Lipinski definition) is 1. The quantitative estimate of drug-likeness (QED) is 0.674. The summed E-state index contributed by atoms with van der Waals surface area (Å²) >= 11 is 3.10. The van der Waals surface area contributed by atoms with Crippen LogP contribution in [0.5, 0.6) is 0 Å². The van der Waals surface area contributed by atoms with Crippen molar-refractivity contribution in [3.8, 4) is 0 Å². The third-order valence-electron chi connectivity index (χ3n) is 3.45. The predicted octanol–water partition coefficient (Wildman–Crippen LogP) is 2.20. The second-order valence-electron chi connectivity index (χ2n) is 4.87. The lowest BCUT2D eigenvalue weighted by molar-refractivity contribution is -0.385. The summed E-state index contributed by atoms with van der Waals surface area (Å²) in [6.07, 6.45) is 1.75. The van der Waals surface area contributed by atoms with Gasteiger partial charge in [-0.15, -0.1) is 0 Å². The maximum absolute atomic E-state index is 12.4. The van der Waals surface area contributed by atoms with Crippen molar-refractivity contribution in [2.45, 2.75) is 12.8 Å². The summed E-state index contributed by atoms with van der Waals surface area (Å²) in [5, 5.41) is 20.1. The number of nitro groups is 1. The number of carbonyl (C=O) groups excluding carboxylic acids is 1. The molecule has 1 heterocycles. The number of rotatable bonds is 3. The van der Waals surface area contributed by atoms with Gasteiger partial charge in [-0.1, -0.05) is 0 Å². The van der Waals surface area contributed by atoms with Crippen LogP contribution in [0.2, 0.25) is 0 Å². The number of carbonyl (C=O) groups is 1. The van der Waals surface area contributed by atoms with E-state index in [1.807, 2.05) is 0 Å². The van der Waals surface area contributed by atoms with E-state index in [-0.39, 0.29) is 24.1 Å². The Morgan fingerprint density at radius 2 is 2.30 bits per heavy atom. The van der Waals surface area contributed by atoms with Gasteiger partial charge in [0.05, 0.1) is 9.40 Å². The summed E-state index contributed by atoms with van der Waals surface area (Å²) in [6.45, 7) is 1.18. The first-order valence-electron chi connectivity index (χ1n) is 6.37. The molecule has 1 saturated heterocycles. The highest BCUT2D eigenvalue weighted by Gasteiger charge is 2.25. The van der Waals surface area contributed by atoms with Crippen LogP contribution >= 0.6 is 15.9 Å². The fourth-order valence-corrected chi connectivity index (χ4v) is 2.76. The van der Waals surface area contributed by atoms with E-state index in [1.165, 1.54) is 12.1 Å². The Bertz CT molecular complexity index is 535. The number of nitro benzene ring substituents is 1. The Morgan fingerprint density at radius 3 is 2.95 bits per heavy atom. The minimum atomic E-state index is -0.520. The molecule has 0 bridgehead atoms. The maximum Gasteiger partial charge on any atom is 0.284 e. The zero-order chi connectivity index (χ0) is 14.7. The first-order chi connectivity index (χ1) is 9.52. The van der Waals surface area contributed by atoms with Crippen LogP contribution in [0, 0.1) is 16.0 Å². The molecule has 0 spiro atoms. The van der Waals surface area contributed by atoms with Crippen molar-refractivity contribution in [3.63, 3.8) is 0 Å². The van der Waals surface area contributed by atoms with Gasteiger partial charge < -0.3 is 10.0 Å². The van der Waals surface area contributed by atoms with Gasteiger partial charge in [-0.2, -0.15) is 0 Å². The molecule has 2 rings (SSSR count). The van der Waals surface area contributed by atoms with E-state index in [0.29, 0.717) is 23.1 Å². The summed E-state index contributed by atoms with van der Waals surface area (Å²) in [4.78, 5) is 24.4. The first kappa shape index (κ1) is 14.9. The number of hydrogen-bond acceptors (Lipinski definition) is 4. The molecule has 20 heavy (non-hydrogen) atoms. The van der Waals surface area contributed by atoms with Crippen LogP contribution in [0.3, 0.4) is 0 Å². The van der Waals surface area contributed by atoms with Crippen molar-refractivity contribution in [1.82, 2.24) is 4.90 Å². The van der Waals surface area contributed by atoms with Gasteiger partial charge in [0.2, 0.25) is 0 Å². The Morgan fingerprint density at radius 1 is 1.55 bits per heavy atom. The Hall–Kier alpha value is -1.47. The Labute approximate surface area is 124 Å². The molecule has 6 nitrogen and oxygen atoms in total. The highest BCUT2D eigenvalue weighted by atomic mass is 79.9. The largest absolute Gasteiger partial charge is 0.396 e. The lowest BCUT2D eigenvalue weighted by Crippen LogP contribution is -2.40. The molecule has 108 valence electrons.